The molecule has 2 aromatic heterocycles. The summed E-state index contributed by atoms with van der Waals surface area (Å²) in [7, 11) is 1.59. The summed E-state index contributed by atoms with van der Waals surface area (Å²) in [5.74, 6) is 0.668. The van der Waals surface area contributed by atoms with Gasteiger partial charge in [-0.2, -0.15) is 13.2 Å². The molecule has 5 nitrogen and oxygen atoms in total. The van der Waals surface area contributed by atoms with Gasteiger partial charge in [0.25, 0.3) is 0 Å². The highest BCUT2D eigenvalue weighted by Gasteiger charge is 2.30. The van der Waals surface area contributed by atoms with Crippen molar-refractivity contribution in [3.63, 3.8) is 0 Å². The first kappa shape index (κ1) is 19.8. The van der Waals surface area contributed by atoms with E-state index in [0.29, 0.717) is 15.9 Å². The molecule has 2 aromatic carbocycles. The number of hydrogen-bond acceptors (Lipinski definition) is 6. The van der Waals surface area contributed by atoms with Crippen molar-refractivity contribution < 1.29 is 17.9 Å². The second kappa shape index (κ2) is 8.11. The van der Waals surface area contributed by atoms with Gasteiger partial charge in [0, 0.05) is 29.2 Å². The van der Waals surface area contributed by atoms with Crippen LogP contribution in [-0.4, -0.2) is 22.3 Å². The predicted molar refractivity (Wildman–Crippen MR) is 110 cm³/mol. The second-order valence-corrected chi connectivity index (χ2v) is 7.21. The Balaban J connectivity index is 1.69. The molecule has 4 aromatic rings. The number of hydrogen-bond donors (Lipinski definition) is 1. The van der Waals surface area contributed by atoms with E-state index >= 15 is 0 Å². The summed E-state index contributed by atoms with van der Waals surface area (Å²) in [6.07, 6.45) is -1.04. The minimum absolute atomic E-state index is 0.285. The number of nitrogens with one attached hydrogen (secondary N) is 1. The lowest BCUT2D eigenvalue weighted by Crippen LogP contribution is -2.05. The average molecular weight is 428 g/mol. The molecule has 0 saturated heterocycles. The normalized spacial score (nSPS) is 11.3. The van der Waals surface area contributed by atoms with E-state index in [2.05, 4.69) is 20.5 Å². The Kier molecular flexibility index (Phi) is 5.37. The van der Waals surface area contributed by atoms with Crippen molar-refractivity contribution in [3.05, 3.63) is 72.6 Å². The van der Waals surface area contributed by atoms with Gasteiger partial charge in [0.1, 0.15) is 10.8 Å². The van der Waals surface area contributed by atoms with Gasteiger partial charge >= 0.3 is 6.18 Å². The molecule has 9 heteroatoms. The van der Waals surface area contributed by atoms with Crippen LogP contribution in [0.2, 0.25) is 0 Å². The molecule has 2 heterocycles. The van der Waals surface area contributed by atoms with Crippen molar-refractivity contribution >= 4 is 22.2 Å². The largest absolute Gasteiger partial charge is 0.496 e. The highest BCUT2D eigenvalue weighted by Crippen LogP contribution is 2.41. The van der Waals surface area contributed by atoms with Crippen LogP contribution in [0.4, 0.5) is 24.0 Å². The van der Waals surface area contributed by atoms with Crippen molar-refractivity contribution in [2.24, 2.45) is 0 Å². The smallest absolute Gasteiger partial charge is 0.416 e. The van der Waals surface area contributed by atoms with Crippen LogP contribution in [0.15, 0.2) is 67.0 Å². The molecule has 0 aliphatic heterocycles. The number of nitrogens with zero attached hydrogens (tertiary/aromatic N) is 3. The molecule has 152 valence electrons. The number of halogens is 3. The third-order valence-corrected chi connectivity index (χ3v) is 5.18. The summed E-state index contributed by atoms with van der Waals surface area (Å²) in [6.45, 7) is 0. The molecule has 0 spiro atoms. The van der Waals surface area contributed by atoms with Crippen molar-refractivity contribution in [1.82, 2.24) is 15.2 Å². The molecule has 1 N–H and O–H groups in total. The van der Waals surface area contributed by atoms with Crippen LogP contribution in [0.25, 0.3) is 21.7 Å². The van der Waals surface area contributed by atoms with Gasteiger partial charge < -0.3 is 10.1 Å². The standard InChI is InChI=1S/C21H15F3N4OS/c1-29-17-7-3-6-16(18(17)13-8-10-25-11-9-13)19-27-28-20(30-19)26-15-5-2-4-14(12-15)21(22,23)24/h2-12H,1H3,(H,26,28). The van der Waals surface area contributed by atoms with Crippen molar-refractivity contribution in [1.29, 1.82) is 0 Å². The summed E-state index contributed by atoms with van der Waals surface area (Å²) in [5, 5.41) is 12.2. The predicted octanol–water partition coefficient (Wildman–Crippen LogP) is 6.04. The Bertz CT molecular complexity index is 1160. The summed E-state index contributed by atoms with van der Waals surface area (Å²) >= 11 is 1.24. The topological polar surface area (TPSA) is 59.9 Å². The highest BCUT2D eigenvalue weighted by atomic mass is 32.1. The number of benzene rings is 2. The molecule has 0 unspecified atom stereocenters. The average Bonchev–Trinajstić information content (AvgIpc) is 3.21. The molecular formula is C21H15F3N4OS. The molecule has 0 aliphatic rings. The van der Waals surface area contributed by atoms with Gasteiger partial charge in [-0.3, -0.25) is 4.98 Å². The van der Waals surface area contributed by atoms with Crippen LogP contribution >= 0.6 is 11.3 Å². The highest BCUT2D eigenvalue weighted by molar-refractivity contribution is 7.18. The zero-order valence-electron chi connectivity index (χ0n) is 15.6. The molecule has 0 saturated carbocycles. The van der Waals surface area contributed by atoms with E-state index < -0.39 is 11.7 Å². The Morgan fingerprint density at radius 2 is 1.73 bits per heavy atom. The van der Waals surface area contributed by atoms with E-state index in [4.69, 9.17) is 4.74 Å². The number of methoxy groups -OCH3 is 1. The maximum absolute atomic E-state index is 12.9. The first-order valence-electron chi connectivity index (χ1n) is 8.81. The maximum Gasteiger partial charge on any atom is 0.416 e. The van der Waals surface area contributed by atoms with Gasteiger partial charge in [-0.15, -0.1) is 10.2 Å². The van der Waals surface area contributed by atoms with Crippen molar-refractivity contribution in [2.75, 3.05) is 12.4 Å². The summed E-state index contributed by atoms with van der Waals surface area (Å²) in [5.41, 5.74) is 2.09. The van der Waals surface area contributed by atoms with Crippen LogP contribution in [0.5, 0.6) is 5.75 Å². The van der Waals surface area contributed by atoms with Gasteiger partial charge in [-0.05, 0) is 42.0 Å². The third-order valence-electron chi connectivity index (χ3n) is 4.31. The van der Waals surface area contributed by atoms with Gasteiger partial charge in [-0.25, -0.2) is 0 Å². The first-order valence-corrected chi connectivity index (χ1v) is 9.63. The van der Waals surface area contributed by atoms with E-state index in [1.54, 1.807) is 25.6 Å². The lowest BCUT2D eigenvalue weighted by molar-refractivity contribution is -0.137. The Morgan fingerprint density at radius 3 is 2.47 bits per heavy atom. The number of ether oxygens (including phenoxy) is 1. The van der Waals surface area contributed by atoms with Gasteiger partial charge in [0.05, 0.1) is 12.7 Å². The summed E-state index contributed by atoms with van der Waals surface area (Å²) in [6, 6.07) is 14.3. The lowest BCUT2D eigenvalue weighted by atomic mass is 10.00. The lowest BCUT2D eigenvalue weighted by Gasteiger charge is -2.12. The van der Waals surface area contributed by atoms with Crippen molar-refractivity contribution in [3.8, 4) is 27.4 Å². The fraction of sp³-hybridized carbons (Fsp3) is 0.0952. The summed E-state index contributed by atoms with van der Waals surface area (Å²) < 4.78 is 44.3. The molecule has 0 bridgehead atoms. The maximum atomic E-state index is 12.9. The Morgan fingerprint density at radius 1 is 0.967 bits per heavy atom. The van der Waals surface area contributed by atoms with Crippen LogP contribution in [-0.2, 0) is 6.18 Å². The molecule has 0 fully saturated rings. The van der Waals surface area contributed by atoms with Crippen molar-refractivity contribution in [2.45, 2.75) is 6.18 Å². The van der Waals surface area contributed by atoms with E-state index in [1.807, 2.05) is 30.3 Å². The van der Waals surface area contributed by atoms with Crippen LogP contribution in [0.3, 0.4) is 0 Å². The number of anilines is 2. The van der Waals surface area contributed by atoms with E-state index in [0.717, 1.165) is 28.8 Å². The van der Waals surface area contributed by atoms with Gasteiger partial charge in [-0.1, -0.05) is 29.5 Å². The minimum atomic E-state index is -4.41. The number of rotatable bonds is 5. The van der Waals surface area contributed by atoms with E-state index in [1.165, 1.54) is 17.4 Å². The van der Waals surface area contributed by atoms with E-state index in [9.17, 15) is 13.2 Å². The number of alkyl halides is 3. The molecule has 0 atom stereocenters. The quantitative estimate of drug-likeness (QED) is 0.420. The minimum Gasteiger partial charge on any atom is -0.496 e. The van der Waals surface area contributed by atoms with Gasteiger partial charge in [0.2, 0.25) is 5.13 Å². The first-order chi connectivity index (χ1) is 14.5. The molecule has 4 rings (SSSR count). The molecule has 30 heavy (non-hydrogen) atoms. The van der Waals surface area contributed by atoms with E-state index in [-0.39, 0.29) is 5.69 Å². The molecule has 0 aliphatic carbocycles. The van der Waals surface area contributed by atoms with Crippen LogP contribution in [0, 0.1) is 0 Å². The Labute approximate surface area is 174 Å². The molecule has 0 amide bonds. The number of aromatic nitrogens is 3. The third kappa shape index (κ3) is 4.11. The zero-order valence-corrected chi connectivity index (χ0v) is 16.5. The van der Waals surface area contributed by atoms with Gasteiger partial charge in [0.15, 0.2) is 0 Å². The fourth-order valence-electron chi connectivity index (χ4n) is 2.98. The SMILES string of the molecule is COc1cccc(-c2nnc(Nc3cccc(C(F)(F)F)c3)s2)c1-c1ccncc1. The monoisotopic (exact) mass is 428 g/mol. The second-order valence-electron chi connectivity index (χ2n) is 6.23. The van der Waals surface area contributed by atoms with Crippen LogP contribution in [0.1, 0.15) is 5.56 Å². The summed E-state index contributed by atoms with van der Waals surface area (Å²) in [4.78, 5) is 4.05. The zero-order chi connectivity index (χ0) is 21.1. The molecule has 0 radical (unpaired) electrons. The van der Waals surface area contributed by atoms with Crippen LogP contribution < -0.4 is 10.1 Å². The fourth-order valence-corrected chi connectivity index (χ4v) is 3.77. The number of pyridine rings is 1. The molecular weight excluding hydrogens is 413 g/mol. The Hall–Kier alpha value is -3.46.